The first-order valence-electron chi connectivity index (χ1n) is 18.3. The highest BCUT2D eigenvalue weighted by molar-refractivity contribution is 6.07. The predicted molar refractivity (Wildman–Crippen MR) is 222 cm³/mol. The molecular formula is C51H37NO. The number of rotatable bonds is 6. The molecule has 0 fully saturated rings. The Morgan fingerprint density at radius 2 is 1.00 bits per heavy atom. The minimum atomic E-state index is -0.127. The van der Waals surface area contributed by atoms with Crippen molar-refractivity contribution in [3.63, 3.8) is 0 Å². The van der Waals surface area contributed by atoms with Crippen LogP contribution in [-0.4, -0.2) is 0 Å². The van der Waals surface area contributed by atoms with Crippen LogP contribution in [0, 0.1) is 0 Å². The van der Waals surface area contributed by atoms with Crippen LogP contribution in [0.25, 0.3) is 66.4 Å². The molecule has 0 spiro atoms. The smallest absolute Gasteiger partial charge is 0.135 e. The number of para-hydroxylation sites is 1. The number of furan rings is 1. The highest BCUT2D eigenvalue weighted by Crippen LogP contribution is 2.52. The van der Waals surface area contributed by atoms with Gasteiger partial charge in [-0.25, -0.2) is 0 Å². The van der Waals surface area contributed by atoms with E-state index in [-0.39, 0.29) is 5.41 Å². The van der Waals surface area contributed by atoms with E-state index < -0.39 is 0 Å². The van der Waals surface area contributed by atoms with Gasteiger partial charge in [0.05, 0.1) is 5.69 Å². The summed E-state index contributed by atoms with van der Waals surface area (Å²) in [5.41, 5.74) is 17.4. The average molecular weight is 680 g/mol. The average Bonchev–Trinajstić information content (AvgIpc) is 3.70. The van der Waals surface area contributed by atoms with Gasteiger partial charge in [-0.2, -0.15) is 0 Å². The van der Waals surface area contributed by atoms with Crippen molar-refractivity contribution in [2.45, 2.75) is 19.3 Å². The van der Waals surface area contributed by atoms with E-state index in [0.717, 1.165) is 50.1 Å². The van der Waals surface area contributed by atoms with Crippen LogP contribution in [0.15, 0.2) is 192 Å². The molecule has 0 atom stereocenters. The Bertz CT molecular complexity index is 2790. The van der Waals surface area contributed by atoms with Crippen molar-refractivity contribution in [1.29, 1.82) is 0 Å². The van der Waals surface area contributed by atoms with Crippen molar-refractivity contribution in [2.75, 3.05) is 4.90 Å². The van der Waals surface area contributed by atoms with E-state index in [1.807, 2.05) is 12.1 Å². The summed E-state index contributed by atoms with van der Waals surface area (Å²) in [6, 6.07) is 68.0. The van der Waals surface area contributed by atoms with Gasteiger partial charge in [-0.15, -0.1) is 0 Å². The molecule has 0 N–H and O–H groups in total. The van der Waals surface area contributed by atoms with Crippen LogP contribution in [0.5, 0.6) is 0 Å². The Balaban J connectivity index is 1.21. The number of fused-ring (bicyclic) bond motifs is 6. The molecule has 0 bridgehead atoms. The first-order valence-corrected chi connectivity index (χ1v) is 18.3. The standard InChI is InChI=1S/C51H37NO/c1-51(2)45-21-11-9-18-41(45)42-30-29-39(33-46(42)51)52(38-27-24-35(25-28-38)34-14-5-3-6-15-34)47-22-13-20-40(50(47)36-16-7-4-8-17-36)37-26-31-49-44(32-37)43-19-10-12-23-48(43)53-49/h3-33H,1-2H3. The Morgan fingerprint density at radius 1 is 0.396 bits per heavy atom. The van der Waals surface area contributed by atoms with Gasteiger partial charge in [0.25, 0.3) is 0 Å². The Labute approximate surface area is 310 Å². The lowest BCUT2D eigenvalue weighted by atomic mass is 9.82. The van der Waals surface area contributed by atoms with Gasteiger partial charge in [0.15, 0.2) is 0 Å². The van der Waals surface area contributed by atoms with Crippen molar-refractivity contribution in [2.24, 2.45) is 0 Å². The van der Waals surface area contributed by atoms with Crippen LogP contribution >= 0.6 is 0 Å². The van der Waals surface area contributed by atoms with Gasteiger partial charge in [0, 0.05) is 33.1 Å². The number of anilines is 3. The molecule has 2 nitrogen and oxygen atoms in total. The van der Waals surface area contributed by atoms with Crippen LogP contribution in [-0.2, 0) is 5.41 Å². The van der Waals surface area contributed by atoms with Crippen LogP contribution in [0.2, 0.25) is 0 Å². The highest BCUT2D eigenvalue weighted by atomic mass is 16.3. The molecule has 1 aliphatic rings. The zero-order valence-electron chi connectivity index (χ0n) is 29.8. The molecule has 0 saturated carbocycles. The quantitative estimate of drug-likeness (QED) is 0.174. The van der Waals surface area contributed by atoms with Crippen molar-refractivity contribution in [1.82, 2.24) is 0 Å². The molecule has 2 heteroatoms. The molecule has 1 aliphatic carbocycles. The Hall–Kier alpha value is -6.64. The summed E-state index contributed by atoms with van der Waals surface area (Å²) in [5.74, 6) is 0. The number of nitrogens with zero attached hydrogens (tertiary/aromatic N) is 1. The van der Waals surface area contributed by atoms with Gasteiger partial charge in [0.1, 0.15) is 11.2 Å². The second-order valence-electron chi connectivity index (χ2n) is 14.5. The number of benzene rings is 8. The summed E-state index contributed by atoms with van der Waals surface area (Å²) in [6.45, 7) is 4.71. The molecule has 1 heterocycles. The lowest BCUT2D eigenvalue weighted by Gasteiger charge is -2.31. The van der Waals surface area contributed by atoms with Gasteiger partial charge in [-0.05, 0) is 98.6 Å². The number of hydrogen-bond donors (Lipinski definition) is 0. The second kappa shape index (κ2) is 12.3. The van der Waals surface area contributed by atoms with Crippen LogP contribution < -0.4 is 4.90 Å². The molecule has 8 aromatic carbocycles. The zero-order valence-corrected chi connectivity index (χ0v) is 29.8. The summed E-state index contributed by atoms with van der Waals surface area (Å²) >= 11 is 0. The molecule has 1 aromatic heterocycles. The maximum atomic E-state index is 6.25. The minimum absolute atomic E-state index is 0.127. The molecule has 53 heavy (non-hydrogen) atoms. The summed E-state index contributed by atoms with van der Waals surface area (Å²) in [6.07, 6.45) is 0. The summed E-state index contributed by atoms with van der Waals surface area (Å²) in [5, 5.41) is 2.25. The van der Waals surface area contributed by atoms with Gasteiger partial charge in [-0.1, -0.05) is 153 Å². The fourth-order valence-electron chi connectivity index (χ4n) is 8.46. The summed E-state index contributed by atoms with van der Waals surface area (Å²) in [4.78, 5) is 2.45. The molecular weight excluding hydrogens is 643 g/mol. The number of hydrogen-bond acceptors (Lipinski definition) is 2. The lowest BCUT2D eigenvalue weighted by Crippen LogP contribution is -2.17. The Kier molecular flexibility index (Phi) is 7.19. The molecule has 0 radical (unpaired) electrons. The maximum Gasteiger partial charge on any atom is 0.135 e. The van der Waals surface area contributed by atoms with Crippen LogP contribution in [0.1, 0.15) is 25.0 Å². The molecule has 0 aliphatic heterocycles. The third-order valence-corrected chi connectivity index (χ3v) is 11.1. The van der Waals surface area contributed by atoms with E-state index in [2.05, 4.69) is 195 Å². The van der Waals surface area contributed by atoms with E-state index in [1.165, 1.54) is 44.5 Å². The van der Waals surface area contributed by atoms with Crippen molar-refractivity contribution in [3.8, 4) is 44.5 Å². The third-order valence-electron chi connectivity index (χ3n) is 11.1. The topological polar surface area (TPSA) is 16.4 Å². The second-order valence-corrected chi connectivity index (χ2v) is 14.5. The van der Waals surface area contributed by atoms with Gasteiger partial charge >= 0.3 is 0 Å². The molecule has 0 saturated heterocycles. The van der Waals surface area contributed by atoms with E-state index in [4.69, 9.17) is 4.42 Å². The van der Waals surface area contributed by atoms with Crippen LogP contribution in [0.3, 0.4) is 0 Å². The third kappa shape index (κ3) is 5.10. The van der Waals surface area contributed by atoms with E-state index in [1.54, 1.807) is 0 Å². The maximum absolute atomic E-state index is 6.25. The predicted octanol–water partition coefficient (Wildman–Crippen LogP) is 14.4. The van der Waals surface area contributed by atoms with E-state index >= 15 is 0 Å². The first-order chi connectivity index (χ1) is 26.0. The van der Waals surface area contributed by atoms with Gasteiger partial charge in [-0.3, -0.25) is 0 Å². The molecule has 252 valence electrons. The van der Waals surface area contributed by atoms with Crippen molar-refractivity contribution in [3.05, 3.63) is 199 Å². The minimum Gasteiger partial charge on any atom is -0.456 e. The van der Waals surface area contributed by atoms with E-state index in [9.17, 15) is 0 Å². The SMILES string of the molecule is CC1(C)c2ccccc2-c2ccc(N(c3ccc(-c4ccccc4)cc3)c3cccc(-c4ccc5oc6ccccc6c5c4)c3-c3ccccc3)cc21. The highest BCUT2D eigenvalue weighted by Gasteiger charge is 2.36. The fourth-order valence-corrected chi connectivity index (χ4v) is 8.46. The summed E-state index contributed by atoms with van der Waals surface area (Å²) in [7, 11) is 0. The molecule has 10 rings (SSSR count). The molecule has 9 aromatic rings. The molecule has 0 unspecified atom stereocenters. The largest absolute Gasteiger partial charge is 0.456 e. The zero-order chi connectivity index (χ0) is 35.5. The Morgan fingerprint density at radius 3 is 1.81 bits per heavy atom. The van der Waals surface area contributed by atoms with Crippen molar-refractivity contribution >= 4 is 39.0 Å². The summed E-state index contributed by atoms with van der Waals surface area (Å²) < 4.78 is 6.25. The van der Waals surface area contributed by atoms with Crippen molar-refractivity contribution < 1.29 is 4.42 Å². The lowest BCUT2D eigenvalue weighted by molar-refractivity contribution is 0.660. The van der Waals surface area contributed by atoms with Gasteiger partial charge < -0.3 is 9.32 Å². The normalized spacial score (nSPS) is 12.9. The van der Waals surface area contributed by atoms with Crippen LogP contribution in [0.4, 0.5) is 17.1 Å². The monoisotopic (exact) mass is 679 g/mol. The molecule has 0 amide bonds. The van der Waals surface area contributed by atoms with Gasteiger partial charge in [0.2, 0.25) is 0 Å². The fraction of sp³-hybridized carbons (Fsp3) is 0.0588. The first kappa shape index (κ1) is 31.1. The van der Waals surface area contributed by atoms with E-state index in [0.29, 0.717) is 0 Å².